The first-order chi connectivity index (χ1) is 14.3. The zero-order valence-corrected chi connectivity index (χ0v) is 18.4. The van der Waals surface area contributed by atoms with E-state index in [0.717, 1.165) is 5.56 Å². The first-order valence-corrected chi connectivity index (χ1v) is 10.4. The molecule has 0 amide bonds. The topological polar surface area (TPSA) is 55.4 Å². The molecule has 2 aliphatic heterocycles. The predicted octanol–water partition coefficient (Wildman–Crippen LogP) is 4.17. The number of ether oxygens (including phenoxy) is 6. The van der Waals surface area contributed by atoms with Crippen LogP contribution in [0.2, 0.25) is 0 Å². The Kier molecular flexibility index (Phi) is 7.50. The monoisotopic (exact) mass is 418 g/mol. The smallest absolute Gasteiger partial charge is 0.164 e. The molecule has 2 fully saturated rings. The highest BCUT2D eigenvalue weighted by atomic mass is 16.8. The third-order valence-electron chi connectivity index (χ3n) is 5.11. The molecule has 0 aliphatic carbocycles. The summed E-state index contributed by atoms with van der Waals surface area (Å²) in [4.78, 5) is 0. The Balaban J connectivity index is 1.93. The van der Waals surface area contributed by atoms with Gasteiger partial charge in [0.15, 0.2) is 11.6 Å². The minimum atomic E-state index is -0.801. The quantitative estimate of drug-likeness (QED) is 0.532. The summed E-state index contributed by atoms with van der Waals surface area (Å²) >= 11 is 0. The van der Waals surface area contributed by atoms with Gasteiger partial charge in [0.05, 0.1) is 19.8 Å². The summed E-state index contributed by atoms with van der Waals surface area (Å²) in [7, 11) is 0. The Morgan fingerprint density at radius 2 is 1.57 bits per heavy atom. The highest BCUT2D eigenvalue weighted by Crippen LogP contribution is 2.41. The van der Waals surface area contributed by atoms with Gasteiger partial charge in [0.1, 0.15) is 30.5 Å². The fourth-order valence-corrected chi connectivity index (χ4v) is 3.97. The second-order valence-corrected chi connectivity index (χ2v) is 8.47. The van der Waals surface area contributed by atoms with E-state index in [1.54, 1.807) is 12.2 Å². The standard InChI is InChI=1S/C24H34O6/c1-7-14-25-19(17-12-10-9-11-13-17)21-22(30-24(5,6)29-21)20(26-15-8-2)18-16-27-23(3,4)28-18/h7-13,18-22H,1-2,14-16H2,3-6H3/t18-,19+,20-,21-,22+/m1/s1. The second kappa shape index (κ2) is 9.73. The zero-order valence-electron chi connectivity index (χ0n) is 18.4. The van der Waals surface area contributed by atoms with E-state index in [4.69, 9.17) is 28.4 Å². The molecule has 0 unspecified atom stereocenters. The van der Waals surface area contributed by atoms with E-state index in [1.165, 1.54) is 0 Å². The van der Waals surface area contributed by atoms with Crippen molar-refractivity contribution in [3.05, 3.63) is 61.2 Å². The van der Waals surface area contributed by atoms with Crippen LogP contribution in [0.1, 0.15) is 39.4 Å². The summed E-state index contributed by atoms with van der Waals surface area (Å²) in [5.74, 6) is -1.48. The van der Waals surface area contributed by atoms with E-state index < -0.39 is 29.9 Å². The van der Waals surface area contributed by atoms with E-state index in [0.29, 0.717) is 19.8 Å². The maximum atomic E-state index is 6.36. The summed E-state index contributed by atoms with van der Waals surface area (Å²) in [6.07, 6.45) is 1.51. The number of benzene rings is 1. The molecule has 30 heavy (non-hydrogen) atoms. The fraction of sp³-hybridized carbons (Fsp3) is 0.583. The molecule has 0 saturated carbocycles. The highest BCUT2D eigenvalue weighted by Gasteiger charge is 2.53. The van der Waals surface area contributed by atoms with Crippen molar-refractivity contribution in [2.45, 2.75) is 69.8 Å². The molecule has 5 atom stereocenters. The van der Waals surface area contributed by atoms with Crippen molar-refractivity contribution in [2.24, 2.45) is 0 Å². The normalized spacial score (nSPS) is 29.4. The fourth-order valence-electron chi connectivity index (χ4n) is 3.97. The lowest BCUT2D eigenvalue weighted by Gasteiger charge is -2.33. The van der Waals surface area contributed by atoms with Crippen LogP contribution >= 0.6 is 0 Å². The van der Waals surface area contributed by atoms with Crippen LogP contribution in [-0.4, -0.2) is 55.8 Å². The molecule has 1 aromatic rings. The third kappa shape index (κ3) is 5.58. The Morgan fingerprint density at radius 3 is 2.17 bits per heavy atom. The van der Waals surface area contributed by atoms with Crippen LogP contribution < -0.4 is 0 Å². The molecule has 2 aliphatic rings. The van der Waals surface area contributed by atoms with Gasteiger partial charge in [0.2, 0.25) is 0 Å². The Labute approximate surface area is 179 Å². The van der Waals surface area contributed by atoms with E-state index in [1.807, 2.05) is 58.0 Å². The van der Waals surface area contributed by atoms with Crippen molar-refractivity contribution >= 4 is 0 Å². The van der Waals surface area contributed by atoms with Crippen molar-refractivity contribution in [2.75, 3.05) is 19.8 Å². The van der Waals surface area contributed by atoms with Gasteiger partial charge in [-0.05, 0) is 33.3 Å². The van der Waals surface area contributed by atoms with Crippen molar-refractivity contribution in [3.8, 4) is 0 Å². The molecule has 3 rings (SSSR count). The largest absolute Gasteiger partial charge is 0.369 e. The van der Waals surface area contributed by atoms with E-state index in [9.17, 15) is 0 Å². The molecule has 0 aromatic heterocycles. The van der Waals surface area contributed by atoms with Crippen LogP contribution in [-0.2, 0) is 28.4 Å². The SMILES string of the molecule is C=CCO[C@@H]([C@@H]1OC(C)(C)O[C@@H]1[C@@H](OCC=C)c1ccccc1)[C@H]1COC(C)(C)O1. The summed E-state index contributed by atoms with van der Waals surface area (Å²) < 4.78 is 37.0. The maximum absolute atomic E-state index is 6.36. The first kappa shape index (κ1) is 23.1. The summed E-state index contributed by atoms with van der Waals surface area (Å²) in [6, 6.07) is 9.99. The van der Waals surface area contributed by atoms with Gasteiger partial charge in [-0.1, -0.05) is 42.5 Å². The highest BCUT2D eigenvalue weighted by molar-refractivity contribution is 5.20. The van der Waals surface area contributed by atoms with Gasteiger partial charge in [-0.15, -0.1) is 13.2 Å². The average Bonchev–Trinajstić information content (AvgIpc) is 3.22. The summed E-state index contributed by atoms with van der Waals surface area (Å²) in [5, 5.41) is 0. The number of hydrogen-bond acceptors (Lipinski definition) is 6. The van der Waals surface area contributed by atoms with Crippen LogP contribution in [0.4, 0.5) is 0 Å². The van der Waals surface area contributed by atoms with Crippen molar-refractivity contribution in [3.63, 3.8) is 0 Å². The van der Waals surface area contributed by atoms with Crippen LogP contribution in [0.3, 0.4) is 0 Å². The van der Waals surface area contributed by atoms with E-state index in [-0.39, 0.29) is 12.2 Å². The third-order valence-corrected chi connectivity index (χ3v) is 5.11. The van der Waals surface area contributed by atoms with Gasteiger partial charge in [-0.2, -0.15) is 0 Å². The van der Waals surface area contributed by atoms with Crippen molar-refractivity contribution < 1.29 is 28.4 Å². The molecule has 2 heterocycles. The molecule has 166 valence electrons. The van der Waals surface area contributed by atoms with Gasteiger partial charge in [-0.3, -0.25) is 0 Å². The first-order valence-electron chi connectivity index (χ1n) is 10.4. The predicted molar refractivity (Wildman–Crippen MR) is 114 cm³/mol. The van der Waals surface area contributed by atoms with Gasteiger partial charge in [-0.25, -0.2) is 0 Å². The molecule has 6 heteroatoms. The van der Waals surface area contributed by atoms with Crippen LogP contribution in [0.25, 0.3) is 0 Å². The molecule has 0 bridgehead atoms. The number of hydrogen-bond donors (Lipinski definition) is 0. The average molecular weight is 419 g/mol. The Bertz CT molecular complexity index is 701. The number of rotatable bonds is 10. The summed E-state index contributed by atoms with van der Waals surface area (Å²) in [6.45, 7) is 16.3. The lowest BCUT2D eigenvalue weighted by molar-refractivity contribution is -0.186. The van der Waals surface area contributed by atoms with Crippen molar-refractivity contribution in [1.82, 2.24) is 0 Å². The van der Waals surface area contributed by atoms with Gasteiger partial charge >= 0.3 is 0 Å². The Morgan fingerprint density at radius 1 is 0.933 bits per heavy atom. The van der Waals surface area contributed by atoms with E-state index in [2.05, 4.69) is 13.2 Å². The molecule has 6 nitrogen and oxygen atoms in total. The maximum Gasteiger partial charge on any atom is 0.164 e. The molecule has 0 radical (unpaired) electrons. The Hall–Kier alpha value is -1.54. The minimum Gasteiger partial charge on any atom is -0.369 e. The molecular weight excluding hydrogens is 384 g/mol. The molecule has 0 N–H and O–H groups in total. The molecular formula is C24H34O6. The summed E-state index contributed by atoms with van der Waals surface area (Å²) in [5.41, 5.74) is 1.00. The molecule has 1 aromatic carbocycles. The lowest BCUT2D eigenvalue weighted by atomic mass is 9.95. The van der Waals surface area contributed by atoms with Crippen LogP contribution in [0, 0.1) is 0 Å². The second-order valence-electron chi connectivity index (χ2n) is 8.47. The van der Waals surface area contributed by atoms with Gasteiger partial charge in [0.25, 0.3) is 0 Å². The molecule has 2 saturated heterocycles. The van der Waals surface area contributed by atoms with Gasteiger partial charge < -0.3 is 28.4 Å². The zero-order chi connectivity index (χ0) is 21.8. The van der Waals surface area contributed by atoms with Crippen LogP contribution in [0.5, 0.6) is 0 Å². The molecule has 0 spiro atoms. The van der Waals surface area contributed by atoms with E-state index >= 15 is 0 Å². The van der Waals surface area contributed by atoms with Crippen LogP contribution in [0.15, 0.2) is 55.6 Å². The minimum absolute atomic E-state index is 0.305. The van der Waals surface area contributed by atoms with Gasteiger partial charge in [0, 0.05) is 0 Å². The lowest BCUT2D eigenvalue weighted by Crippen LogP contribution is -2.48. The van der Waals surface area contributed by atoms with Crippen molar-refractivity contribution in [1.29, 1.82) is 0 Å².